The fourth-order valence-electron chi connectivity index (χ4n) is 2.00. The van der Waals surface area contributed by atoms with Gasteiger partial charge in [-0.3, -0.25) is 4.99 Å². The molecule has 7 heteroatoms. The van der Waals surface area contributed by atoms with Gasteiger partial charge in [-0.05, 0) is 17.7 Å². The molecule has 20 heavy (non-hydrogen) atoms. The average molecular weight is 344 g/mol. The minimum absolute atomic E-state index is 0. The van der Waals surface area contributed by atoms with Crippen molar-refractivity contribution in [2.75, 3.05) is 45.3 Å². The number of nitrogens with one attached hydrogen (secondary N) is 2. The summed E-state index contributed by atoms with van der Waals surface area (Å²) in [6.45, 7) is 4.09. The maximum Gasteiger partial charge on any atom is 0.190 e. The Kier molecular flexibility index (Phi) is 7.32. The molecule has 0 atom stereocenters. The molecule has 1 aromatic rings. The van der Waals surface area contributed by atoms with E-state index in [9.17, 15) is 0 Å². The predicted molar refractivity (Wildman–Crippen MR) is 86.8 cm³/mol. The van der Waals surface area contributed by atoms with Gasteiger partial charge in [-0.25, -0.2) is 4.98 Å². The van der Waals surface area contributed by atoms with Crippen LogP contribution in [-0.2, 0) is 11.3 Å². The zero-order valence-corrected chi connectivity index (χ0v) is 13.6. The second kappa shape index (κ2) is 8.76. The van der Waals surface area contributed by atoms with Crippen molar-refractivity contribution in [3.63, 3.8) is 0 Å². The van der Waals surface area contributed by atoms with E-state index in [-0.39, 0.29) is 17.0 Å². The number of hydrogen-bond acceptors (Lipinski definition) is 4. The molecule has 1 aliphatic rings. The summed E-state index contributed by atoms with van der Waals surface area (Å²) >= 11 is 0. The highest BCUT2D eigenvalue weighted by Crippen LogP contribution is 2.14. The van der Waals surface area contributed by atoms with Crippen molar-refractivity contribution in [2.45, 2.75) is 6.54 Å². The van der Waals surface area contributed by atoms with Gasteiger partial charge >= 0.3 is 0 Å². The molecule has 6 nitrogen and oxygen atoms in total. The molecule has 1 fully saturated rings. The van der Waals surface area contributed by atoms with Gasteiger partial charge in [0.1, 0.15) is 5.82 Å². The van der Waals surface area contributed by atoms with Crippen molar-refractivity contribution < 1.29 is 4.74 Å². The Morgan fingerprint density at radius 3 is 2.85 bits per heavy atom. The van der Waals surface area contributed by atoms with Gasteiger partial charge < -0.3 is 20.3 Å². The molecule has 2 N–H and O–H groups in total. The van der Waals surface area contributed by atoms with Gasteiger partial charge in [0.25, 0.3) is 0 Å². The SMILES string of the molecule is Br.CN=C(NC)NCc1ccnc(N2CCOCC2)c1. The number of guanidine groups is 1. The molecule has 0 aliphatic carbocycles. The molecule has 1 aliphatic heterocycles. The Morgan fingerprint density at radius 2 is 2.20 bits per heavy atom. The smallest absolute Gasteiger partial charge is 0.190 e. The number of aromatic nitrogens is 1. The van der Waals surface area contributed by atoms with Crippen LogP contribution in [0.2, 0.25) is 0 Å². The van der Waals surface area contributed by atoms with Crippen molar-refractivity contribution in [3.05, 3.63) is 23.9 Å². The average Bonchev–Trinajstić information content (AvgIpc) is 2.49. The van der Waals surface area contributed by atoms with E-state index in [1.165, 1.54) is 5.56 Å². The minimum Gasteiger partial charge on any atom is -0.378 e. The lowest BCUT2D eigenvalue weighted by atomic mass is 10.2. The lowest BCUT2D eigenvalue weighted by Gasteiger charge is -2.28. The first-order chi connectivity index (χ1) is 9.33. The number of ether oxygens (including phenoxy) is 1. The first kappa shape index (κ1) is 16.7. The third-order valence-electron chi connectivity index (χ3n) is 3.07. The molecular weight excluding hydrogens is 322 g/mol. The molecule has 0 aromatic carbocycles. The van der Waals surface area contributed by atoms with Crippen molar-refractivity contribution in [2.24, 2.45) is 4.99 Å². The van der Waals surface area contributed by atoms with Crippen LogP contribution in [0.5, 0.6) is 0 Å². The van der Waals surface area contributed by atoms with Gasteiger partial charge in [0.2, 0.25) is 0 Å². The molecule has 1 saturated heterocycles. The zero-order chi connectivity index (χ0) is 13.5. The molecule has 0 spiro atoms. The van der Waals surface area contributed by atoms with Gasteiger partial charge in [-0.15, -0.1) is 17.0 Å². The standard InChI is InChI=1S/C13H21N5O.BrH/c1-14-13(15-2)17-10-11-3-4-16-12(9-11)18-5-7-19-8-6-18;/h3-4,9H,5-8,10H2,1-2H3,(H2,14,15,17);1H. The molecule has 0 radical (unpaired) electrons. The largest absolute Gasteiger partial charge is 0.378 e. The lowest BCUT2D eigenvalue weighted by Crippen LogP contribution is -2.37. The maximum absolute atomic E-state index is 5.35. The van der Waals surface area contributed by atoms with Crippen molar-refractivity contribution in [1.82, 2.24) is 15.6 Å². The quantitative estimate of drug-likeness (QED) is 0.627. The monoisotopic (exact) mass is 343 g/mol. The fourth-order valence-corrected chi connectivity index (χ4v) is 2.00. The van der Waals surface area contributed by atoms with Gasteiger partial charge in [0, 0.05) is 39.9 Å². The number of nitrogens with zero attached hydrogens (tertiary/aromatic N) is 3. The second-order valence-electron chi connectivity index (χ2n) is 4.30. The minimum atomic E-state index is 0. The molecule has 2 rings (SSSR count). The fraction of sp³-hybridized carbons (Fsp3) is 0.538. The summed E-state index contributed by atoms with van der Waals surface area (Å²) in [5.74, 6) is 1.80. The van der Waals surface area contributed by atoms with Crippen LogP contribution in [-0.4, -0.2) is 51.3 Å². The highest BCUT2D eigenvalue weighted by molar-refractivity contribution is 8.93. The van der Waals surface area contributed by atoms with Crippen LogP contribution in [0.3, 0.4) is 0 Å². The molecule has 112 valence electrons. The number of halogens is 1. The van der Waals surface area contributed by atoms with Gasteiger partial charge in [0.15, 0.2) is 5.96 Å². The maximum atomic E-state index is 5.35. The summed E-state index contributed by atoms with van der Waals surface area (Å²) in [6, 6.07) is 4.13. The van der Waals surface area contributed by atoms with Crippen molar-refractivity contribution in [3.8, 4) is 0 Å². The normalized spacial score (nSPS) is 15.5. The Balaban J connectivity index is 0.00000200. The highest BCUT2D eigenvalue weighted by Gasteiger charge is 2.12. The van der Waals surface area contributed by atoms with E-state index < -0.39 is 0 Å². The third-order valence-corrected chi connectivity index (χ3v) is 3.07. The molecule has 2 heterocycles. The lowest BCUT2D eigenvalue weighted by molar-refractivity contribution is 0.122. The number of hydrogen-bond donors (Lipinski definition) is 2. The van der Waals surface area contributed by atoms with Gasteiger partial charge in [-0.2, -0.15) is 0 Å². The second-order valence-corrected chi connectivity index (χ2v) is 4.30. The van der Waals surface area contributed by atoms with E-state index in [0.29, 0.717) is 0 Å². The Hall–Kier alpha value is -1.34. The first-order valence-electron chi connectivity index (χ1n) is 6.49. The number of pyridine rings is 1. The van der Waals surface area contributed by atoms with E-state index in [4.69, 9.17) is 4.74 Å². The summed E-state index contributed by atoms with van der Waals surface area (Å²) in [6.07, 6.45) is 1.85. The van der Waals surface area contributed by atoms with Crippen LogP contribution in [0.15, 0.2) is 23.3 Å². The van der Waals surface area contributed by atoms with E-state index in [1.807, 2.05) is 19.3 Å². The van der Waals surface area contributed by atoms with E-state index in [1.54, 1.807) is 7.05 Å². The summed E-state index contributed by atoms with van der Waals surface area (Å²) in [5, 5.41) is 6.23. The third kappa shape index (κ3) is 4.64. The first-order valence-corrected chi connectivity index (χ1v) is 6.49. The summed E-state index contributed by atoms with van der Waals surface area (Å²) in [7, 11) is 3.60. The predicted octanol–water partition coefficient (Wildman–Crippen LogP) is 0.791. The number of morpholine rings is 1. The molecular formula is C13H22BrN5O. The molecule has 0 bridgehead atoms. The molecule has 0 amide bonds. The summed E-state index contributed by atoms with van der Waals surface area (Å²) < 4.78 is 5.35. The van der Waals surface area contributed by atoms with Crippen LogP contribution in [0.1, 0.15) is 5.56 Å². The van der Waals surface area contributed by atoms with E-state index >= 15 is 0 Å². The van der Waals surface area contributed by atoms with Crippen LogP contribution < -0.4 is 15.5 Å². The molecule has 0 unspecified atom stereocenters. The number of anilines is 1. The van der Waals surface area contributed by atoms with Crippen LogP contribution in [0.25, 0.3) is 0 Å². The highest BCUT2D eigenvalue weighted by atomic mass is 79.9. The molecule has 1 aromatic heterocycles. The number of rotatable bonds is 3. The Labute approximate surface area is 130 Å². The van der Waals surface area contributed by atoms with Crippen molar-refractivity contribution >= 4 is 28.8 Å². The summed E-state index contributed by atoms with van der Waals surface area (Å²) in [5.41, 5.74) is 1.19. The van der Waals surface area contributed by atoms with E-state index in [2.05, 4.69) is 31.6 Å². The van der Waals surface area contributed by atoms with Crippen LogP contribution in [0.4, 0.5) is 5.82 Å². The van der Waals surface area contributed by atoms with Crippen LogP contribution in [0, 0.1) is 0 Å². The Bertz CT molecular complexity index is 435. The topological polar surface area (TPSA) is 61.8 Å². The molecule has 0 saturated carbocycles. The Morgan fingerprint density at radius 1 is 1.45 bits per heavy atom. The summed E-state index contributed by atoms with van der Waals surface area (Å²) in [4.78, 5) is 10.8. The van der Waals surface area contributed by atoms with E-state index in [0.717, 1.165) is 44.6 Å². The van der Waals surface area contributed by atoms with Crippen LogP contribution >= 0.6 is 17.0 Å². The van der Waals surface area contributed by atoms with Gasteiger partial charge in [-0.1, -0.05) is 0 Å². The van der Waals surface area contributed by atoms with Gasteiger partial charge in [0.05, 0.1) is 13.2 Å². The zero-order valence-electron chi connectivity index (χ0n) is 11.9. The number of aliphatic imine (C=N–C) groups is 1. The van der Waals surface area contributed by atoms with Crippen molar-refractivity contribution in [1.29, 1.82) is 0 Å².